The van der Waals surface area contributed by atoms with E-state index in [0.717, 1.165) is 49.1 Å². The number of rotatable bonds is 6. The van der Waals surface area contributed by atoms with Gasteiger partial charge in [-0.2, -0.15) is 4.98 Å². The molecule has 0 aliphatic carbocycles. The van der Waals surface area contributed by atoms with Crippen molar-refractivity contribution in [3.8, 4) is 0 Å². The monoisotopic (exact) mass is 445 g/mol. The van der Waals surface area contributed by atoms with Gasteiger partial charge in [-0.05, 0) is 54.7 Å². The molecular weight excluding hydrogens is 410 g/mol. The predicted octanol–water partition coefficient (Wildman–Crippen LogP) is 5.96. The summed E-state index contributed by atoms with van der Waals surface area (Å²) in [6.45, 7) is 14.5. The van der Waals surface area contributed by atoms with Gasteiger partial charge in [0.2, 0.25) is 5.95 Å². The van der Waals surface area contributed by atoms with Gasteiger partial charge in [-0.15, -0.1) is 0 Å². The summed E-state index contributed by atoms with van der Waals surface area (Å²) in [5.41, 5.74) is 5.67. The maximum absolute atomic E-state index is 5.48. The Morgan fingerprint density at radius 1 is 0.970 bits per heavy atom. The van der Waals surface area contributed by atoms with Crippen LogP contribution in [0.15, 0.2) is 54.7 Å². The number of nitrogens with zero attached hydrogens (tertiary/aromatic N) is 3. The van der Waals surface area contributed by atoms with Gasteiger partial charge in [0, 0.05) is 42.3 Å². The van der Waals surface area contributed by atoms with E-state index in [0.29, 0.717) is 12.0 Å². The molecule has 1 saturated heterocycles. The number of aryl methyl sites for hydroxylation is 1. The van der Waals surface area contributed by atoms with Gasteiger partial charge in [-0.1, -0.05) is 45.0 Å². The lowest BCUT2D eigenvalue weighted by Crippen LogP contribution is -2.37. The number of ether oxygens (including phenoxy) is 1. The molecule has 1 aliphatic heterocycles. The quantitative estimate of drug-likeness (QED) is 0.488. The second-order valence-corrected chi connectivity index (χ2v) is 9.75. The van der Waals surface area contributed by atoms with Gasteiger partial charge < -0.3 is 15.4 Å². The summed E-state index contributed by atoms with van der Waals surface area (Å²) >= 11 is 0. The number of anilines is 4. The van der Waals surface area contributed by atoms with Crippen LogP contribution < -0.4 is 10.6 Å². The van der Waals surface area contributed by atoms with Crippen molar-refractivity contribution in [2.24, 2.45) is 0 Å². The molecule has 0 radical (unpaired) electrons. The predicted molar refractivity (Wildman–Crippen MR) is 136 cm³/mol. The normalized spacial score (nSPS) is 15.8. The van der Waals surface area contributed by atoms with Crippen LogP contribution in [0.1, 0.15) is 50.4 Å². The fourth-order valence-corrected chi connectivity index (χ4v) is 3.98. The van der Waals surface area contributed by atoms with E-state index in [9.17, 15) is 0 Å². The molecule has 0 spiro atoms. The molecule has 0 amide bonds. The zero-order chi connectivity index (χ0) is 23.4. The SMILES string of the molecule is Cc1cnc(Nc2ccc(C(C)N3CCOCC3)cc2)nc1Nc1cccc(C(C)(C)C)c1. The summed E-state index contributed by atoms with van der Waals surface area (Å²) in [5.74, 6) is 1.38. The fourth-order valence-electron chi connectivity index (χ4n) is 3.98. The second kappa shape index (κ2) is 9.89. The molecule has 6 heteroatoms. The molecule has 174 valence electrons. The summed E-state index contributed by atoms with van der Waals surface area (Å²) < 4.78 is 5.48. The number of hydrogen-bond acceptors (Lipinski definition) is 6. The smallest absolute Gasteiger partial charge is 0.229 e. The van der Waals surface area contributed by atoms with Crippen molar-refractivity contribution in [2.75, 3.05) is 36.9 Å². The van der Waals surface area contributed by atoms with Gasteiger partial charge in [-0.3, -0.25) is 4.90 Å². The van der Waals surface area contributed by atoms with Crippen molar-refractivity contribution in [1.82, 2.24) is 14.9 Å². The van der Waals surface area contributed by atoms with Crippen molar-refractivity contribution in [3.05, 3.63) is 71.4 Å². The molecule has 33 heavy (non-hydrogen) atoms. The Bertz CT molecular complexity index is 1070. The molecule has 1 unspecified atom stereocenters. The Hall–Kier alpha value is -2.96. The molecule has 3 aromatic rings. The van der Waals surface area contributed by atoms with E-state index in [4.69, 9.17) is 9.72 Å². The lowest BCUT2D eigenvalue weighted by molar-refractivity contribution is 0.0198. The highest BCUT2D eigenvalue weighted by Crippen LogP contribution is 2.28. The third-order valence-corrected chi connectivity index (χ3v) is 6.21. The minimum Gasteiger partial charge on any atom is -0.379 e. The molecular formula is C27H35N5O. The number of benzene rings is 2. The number of hydrogen-bond donors (Lipinski definition) is 2. The Morgan fingerprint density at radius 2 is 1.70 bits per heavy atom. The van der Waals surface area contributed by atoms with Crippen LogP contribution in [0.2, 0.25) is 0 Å². The number of aromatic nitrogens is 2. The van der Waals surface area contributed by atoms with E-state index in [1.165, 1.54) is 11.1 Å². The van der Waals surface area contributed by atoms with Crippen LogP contribution in [-0.4, -0.2) is 41.2 Å². The Labute approximate surface area is 197 Å². The van der Waals surface area contributed by atoms with Gasteiger partial charge in [0.15, 0.2) is 0 Å². The lowest BCUT2D eigenvalue weighted by atomic mass is 9.87. The maximum atomic E-state index is 5.48. The highest BCUT2D eigenvalue weighted by molar-refractivity contribution is 5.63. The van der Waals surface area contributed by atoms with Gasteiger partial charge >= 0.3 is 0 Å². The summed E-state index contributed by atoms with van der Waals surface area (Å²) in [4.78, 5) is 11.7. The summed E-state index contributed by atoms with van der Waals surface area (Å²) in [7, 11) is 0. The number of nitrogens with one attached hydrogen (secondary N) is 2. The van der Waals surface area contributed by atoms with Crippen LogP contribution in [0.4, 0.5) is 23.1 Å². The van der Waals surface area contributed by atoms with Gasteiger partial charge in [-0.25, -0.2) is 4.98 Å². The molecule has 0 saturated carbocycles. The number of morpholine rings is 1. The van der Waals surface area contributed by atoms with E-state index in [2.05, 4.69) is 96.7 Å². The van der Waals surface area contributed by atoms with Crippen LogP contribution in [-0.2, 0) is 10.2 Å². The van der Waals surface area contributed by atoms with Crippen LogP contribution in [0, 0.1) is 6.92 Å². The summed E-state index contributed by atoms with van der Waals surface area (Å²) in [6, 6.07) is 17.4. The third-order valence-electron chi connectivity index (χ3n) is 6.21. The van der Waals surface area contributed by atoms with E-state index < -0.39 is 0 Å². The van der Waals surface area contributed by atoms with E-state index in [1.54, 1.807) is 0 Å². The van der Waals surface area contributed by atoms with Crippen LogP contribution in [0.3, 0.4) is 0 Å². The fraction of sp³-hybridized carbons (Fsp3) is 0.407. The van der Waals surface area contributed by atoms with Crippen molar-refractivity contribution in [3.63, 3.8) is 0 Å². The van der Waals surface area contributed by atoms with Crippen LogP contribution >= 0.6 is 0 Å². The first-order valence-corrected chi connectivity index (χ1v) is 11.7. The average molecular weight is 446 g/mol. The van der Waals surface area contributed by atoms with E-state index in [-0.39, 0.29) is 5.41 Å². The molecule has 2 aromatic carbocycles. The van der Waals surface area contributed by atoms with Gasteiger partial charge in [0.25, 0.3) is 0 Å². The minimum absolute atomic E-state index is 0.0938. The largest absolute Gasteiger partial charge is 0.379 e. The molecule has 1 fully saturated rings. The first kappa shape index (κ1) is 23.2. The summed E-state index contributed by atoms with van der Waals surface area (Å²) in [6.07, 6.45) is 1.85. The highest BCUT2D eigenvalue weighted by Gasteiger charge is 2.18. The zero-order valence-electron chi connectivity index (χ0n) is 20.4. The molecule has 1 atom stereocenters. The molecule has 1 aliphatic rings. The first-order chi connectivity index (χ1) is 15.8. The molecule has 0 bridgehead atoms. The van der Waals surface area contributed by atoms with Crippen molar-refractivity contribution in [1.29, 1.82) is 0 Å². The standard InChI is InChI=1S/C27H35N5O/c1-19-18-28-26(31-25(19)29-24-8-6-7-22(17-24)27(3,4)5)30-23-11-9-21(10-12-23)20(2)32-13-15-33-16-14-32/h6-12,17-18,20H,13-16H2,1-5H3,(H2,28,29,30,31). The molecule has 6 nitrogen and oxygen atoms in total. The van der Waals surface area contributed by atoms with Crippen molar-refractivity contribution in [2.45, 2.75) is 46.1 Å². The molecule has 2 heterocycles. The van der Waals surface area contributed by atoms with Crippen molar-refractivity contribution < 1.29 is 4.74 Å². The van der Waals surface area contributed by atoms with Gasteiger partial charge in [0.05, 0.1) is 13.2 Å². The van der Waals surface area contributed by atoms with Crippen LogP contribution in [0.25, 0.3) is 0 Å². The van der Waals surface area contributed by atoms with E-state index in [1.807, 2.05) is 13.1 Å². The van der Waals surface area contributed by atoms with Crippen molar-refractivity contribution >= 4 is 23.1 Å². The Balaban J connectivity index is 1.46. The first-order valence-electron chi connectivity index (χ1n) is 11.7. The minimum atomic E-state index is 0.0938. The molecule has 4 rings (SSSR count). The second-order valence-electron chi connectivity index (χ2n) is 9.75. The molecule has 2 N–H and O–H groups in total. The summed E-state index contributed by atoms with van der Waals surface area (Å²) in [5, 5.41) is 6.81. The third kappa shape index (κ3) is 5.89. The highest BCUT2D eigenvalue weighted by atomic mass is 16.5. The topological polar surface area (TPSA) is 62.3 Å². The van der Waals surface area contributed by atoms with E-state index >= 15 is 0 Å². The lowest BCUT2D eigenvalue weighted by Gasteiger charge is -2.32. The average Bonchev–Trinajstić information content (AvgIpc) is 2.81. The maximum Gasteiger partial charge on any atom is 0.229 e. The van der Waals surface area contributed by atoms with Gasteiger partial charge in [0.1, 0.15) is 5.82 Å². The molecule has 1 aromatic heterocycles. The van der Waals surface area contributed by atoms with Crippen LogP contribution in [0.5, 0.6) is 0 Å². The zero-order valence-corrected chi connectivity index (χ0v) is 20.4. The Morgan fingerprint density at radius 3 is 2.39 bits per heavy atom. The Kier molecular flexibility index (Phi) is 6.96.